The molecule has 1 aliphatic rings. The summed E-state index contributed by atoms with van der Waals surface area (Å²) in [6.45, 7) is 1.57. The van der Waals surface area contributed by atoms with Crippen LogP contribution >= 0.6 is 0 Å². The van der Waals surface area contributed by atoms with E-state index in [1.807, 2.05) is 0 Å². The summed E-state index contributed by atoms with van der Waals surface area (Å²) >= 11 is 0. The van der Waals surface area contributed by atoms with Crippen LogP contribution in [-0.2, 0) is 0 Å². The van der Waals surface area contributed by atoms with Crippen molar-refractivity contribution in [3.05, 3.63) is 29.8 Å². The maximum atomic E-state index is 13.7. The molecule has 14 heavy (non-hydrogen) atoms. The maximum absolute atomic E-state index is 13.7. The topological polar surface area (TPSA) is 21.3 Å². The summed E-state index contributed by atoms with van der Waals surface area (Å²) in [6, 6.07) is 7.19. The first-order valence-corrected chi connectivity index (χ1v) is 4.80. The van der Waals surface area contributed by atoms with E-state index < -0.39 is 6.17 Å². The lowest BCUT2D eigenvalue weighted by Gasteiger charge is -2.30. The van der Waals surface area contributed by atoms with Gasteiger partial charge in [0.1, 0.15) is 11.9 Å². The average molecular weight is 195 g/mol. The molecule has 0 spiro atoms. The highest BCUT2D eigenvalue weighted by Gasteiger charge is 2.27. The number of hydrogen-bond donors (Lipinski definition) is 1. The molecule has 1 heterocycles. The van der Waals surface area contributed by atoms with Crippen LogP contribution in [0.5, 0.6) is 5.75 Å². The van der Waals surface area contributed by atoms with E-state index >= 15 is 0 Å². The van der Waals surface area contributed by atoms with Crippen molar-refractivity contribution in [2.24, 2.45) is 5.92 Å². The Morgan fingerprint density at radius 1 is 1.36 bits per heavy atom. The van der Waals surface area contributed by atoms with Crippen LogP contribution in [0.2, 0.25) is 0 Å². The molecule has 0 saturated carbocycles. The quantitative estimate of drug-likeness (QED) is 0.795. The summed E-state index contributed by atoms with van der Waals surface area (Å²) in [4.78, 5) is 0. The number of nitrogens with one attached hydrogen (secondary N) is 1. The minimum atomic E-state index is -0.845. The zero-order chi connectivity index (χ0) is 9.97. The minimum Gasteiger partial charge on any atom is -0.497 e. The second-order valence-electron chi connectivity index (χ2n) is 3.59. The molecule has 1 aliphatic heterocycles. The summed E-state index contributed by atoms with van der Waals surface area (Å²) in [6.07, 6.45) is -0.845. The van der Waals surface area contributed by atoms with Gasteiger partial charge >= 0.3 is 0 Å². The number of benzene rings is 1. The molecule has 2 nitrogen and oxygen atoms in total. The van der Waals surface area contributed by atoms with Crippen LogP contribution in [0, 0.1) is 5.92 Å². The molecule has 1 aromatic carbocycles. The van der Waals surface area contributed by atoms with Gasteiger partial charge in [0.25, 0.3) is 0 Å². The van der Waals surface area contributed by atoms with Crippen molar-refractivity contribution in [3.63, 3.8) is 0 Å². The van der Waals surface area contributed by atoms with Gasteiger partial charge in [0.05, 0.1) is 7.11 Å². The fourth-order valence-corrected chi connectivity index (χ4v) is 1.58. The van der Waals surface area contributed by atoms with Gasteiger partial charge in [0.15, 0.2) is 0 Å². The number of ether oxygens (including phenoxy) is 1. The van der Waals surface area contributed by atoms with E-state index in [1.54, 1.807) is 31.4 Å². The molecule has 0 radical (unpaired) electrons. The first-order valence-electron chi connectivity index (χ1n) is 4.80. The Kier molecular flexibility index (Phi) is 2.68. The highest BCUT2D eigenvalue weighted by Crippen LogP contribution is 2.29. The first-order chi connectivity index (χ1) is 6.81. The Bertz CT molecular complexity index is 295. The van der Waals surface area contributed by atoms with Crippen LogP contribution in [-0.4, -0.2) is 20.2 Å². The summed E-state index contributed by atoms with van der Waals surface area (Å²) in [5, 5.41) is 3.07. The lowest BCUT2D eigenvalue weighted by Crippen LogP contribution is -2.44. The number of rotatable bonds is 3. The van der Waals surface area contributed by atoms with Gasteiger partial charge in [-0.1, -0.05) is 12.1 Å². The average Bonchev–Trinajstić information content (AvgIpc) is 2.15. The lowest BCUT2D eigenvalue weighted by atomic mass is 9.92. The number of alkyl halides is 1. The summed E-state index contributed by atoms with van der Waals surface area (Å²) in [7, 11) is 1.61. The third kappa shape index (κ3) is 1.73. The van der Waals surface area contributed by atoms with E-state index in [0.717, 1.165) is 24.4 Å². The number of halogens is 1. The zero-order valence-electron chi connectivity index (χ0n) is 8.16. The van der Waals surface area contributed by atoms with E-state index in [1.165, 1.54) is 0 Å². The molecule has 1 saturated heterocycles. The van der Waals surface area contributed by atoms with Crippen LogP contribution in [0.4, 0.5) is 4.39 Å². The van der Waals surface area contributed by atoms with Crippen molar-refractivity contribution >= 4 is 0 Å². The normalized spacial score (nSPS) is 18.7. The van der Waals surface area contributed by atoms with Crippen LogP contribution in [0.1, 0.15) is 11.7 Å². The standard InChI is InChI=1S/C11H14FNO/c1-14-10-4-2-8(3-5-10)11(12)9-6-13-7-9/h2-5,9,11,13H,6-7H2,1H3. The van der Waals surface area contributed by atoms with Crippen molar-refractivity contribution in [2.75, 3.05) is 20.2 Å². The molecule has 0 amide bonds. The van der Waals surface area contributed by atoms with Crippen LogP contribution in [0.15, 0.2) is 24.3 Å². The molecular formula is C11H14FNO. The second-order valence-corrected chi connectivity index (χ2v) is 3.59. The van der Waals surface area contributed by atoms with Gasteiger partial charge < -0.3 is 10.1 Å². The van der Waals surface area contributed by atoms with Crippen molar-refractivity contribution < 1.29 is 9.13 Å². The van der Waals surface area contributed by atoms with Gasteiger partial charge in [0, 0.05) is 19.0 Å². The SMILES string of the molecule is COc1ccc(C(F)C2CNC2)cc1. The largest absolute Gasteiger partial charge is 0.497 e. The van der Waals surface area contributed by atoms with Gasteiger partial charge in [-0.25, -0.2) is 4.39 Å². The lowest BCUT2D eigenvalue weighted by molar-refractivity contribution is 0.171. The third-order valence-corrected chi connectivity index (χ3v) is 2.66. The molecule has 1 aromatic rings. The Labute approximate surface area is 83.1 Å². The molecule has 1 fully saturated rings. The molecule has 0 bridgehead atoms. The van der Waals surface area contributed by atoms with Crippen molar-refractivity contribution in [1.82, 2.24) is 5.32 Å². The Hall–Kier alpha value is -1.09. The summed E-state index contributed by atoms with van der Waals surface area (Å²) in [5.74, 6) is 0.913. The first kappa shape index (κ1) is 9.46. The molecule has 0 aliphatic carbocycles. The molecule has 3 heteroatoms. The molecule has 1 atom stereocenters. The Balaban J connectivity index is 2.07. The summed E-state index contributed by atoms with van der Waals surface area (Å²) < 4.78 is 18.8. The predicted molar refractivity (Wildman–Crippen MR) is 53.2 cm³/mol. The second kappa shape index (κ2) is 3.96. The van der Waals surface area contributed by atoms with E-state index in [4.69, 9.17) is 4.74 Å². The van der Waals surface area contributed by atoms with Crippen LogP contribution in [0.3, 0.4) is 0 Å². The Morgan fingerprint density at radius 2 is 2.00 bits per heavy atom. The number of methoxy groups -OCH3 is 1. The molecule has 0 aromatic heterocycles. The van der Waals surface area contributed by atoms with Crippen LogP contribution in [0.25, 0.3) is 0 Å². The molecule has 1 N–H and O–H groups in total. The van der Waals surface area contributed by atoms with Crippen molar-refractivity contribution in [3.8, 4) is 5.75 Å². The summed E-state index contributed by atoms with van der Waals surface area (Å²) in [5.41, 5.74) is 0.748. The fourth-order valence-electron chi connectivity index (χ4n) is 1.58. The molecule has 2 rings (SSSR count). The third-order valence-electron chi connectivity index (χ3n) is 2.66. The van der Waals surface area contributed by atoms with Crippen LogP contribution < -0.4 is 10.1 Å². The monoisotopic (exact) mass is 195 g/mol. The van der Waals surface area contributed by atoms with Gasteiger partial charge in [-0.2, -0.15) is 0 Å². The van der Waals surface area contributed by atoms with Crippen molar-refractivity contribution in [1.29, 1.82) is 0 Å². The fraction of sp³-hybridized carbons (Fsp3) is 0.455. The zero-order valence-corrected chi connectivity index (χ0v) is 8.16. The van der Waals surface area contributed by atoms with Gasteiger partial charge in [-0.3, -0.25) is 0 Å². The van der Waals surface area contributed by atoms with E-state index in [9.17, 15) is 4.39 Å². The van der Waals surface area contributed by atoms with E-state index in [0.29, 0.717) is 0 Å². The van der Waals surface area contributed by atoms with Crippen molar-refractivity contribution in [2.45, 2.75) is 6.17 Å². The highest BCUT2D eigenvalue weighted by molar-refractivity contribution is 5.29. The Morgan fingerprint density at radius 3 is 2.43 bits per heavy atom. The number of hydrogen-bond acceptors (Lipinski definition) is 2. The molecule has 76 valence electrons. The van der Waals surface area contributed by atoms with Gasteiger partial charge in [-0.05, 0) is 17.7 Å². The predicted octanol–water partition coefficient (Wildman–Crippen LogP) is 1.93. The van der Waals surface area contributed by atoms with E-state index in [2.05, 4.69) is 5.32 Å². The maximum Gasteiger partial charge on any atom is 0.130 e. The highest BCUT2D eigenvalue weighted by atomic mass is 19.1. The molecular weight excluding hydrogens is 181 g/mol. The van der Waals surface area contributed by atoms with E-state index in [-0.39, 0.29) is 5.92 Å². The minimum absolute atomic E-state index is 0.142. The van der Waals surface area contributed by atoms with Gasteiger partial charge in [-0.15, -0.1) is 0 Å². The smallest absolute Gasteiger partial charge is 0.130 e. The molecule has 1 unspecified atom stereocenters. The van der Waals surface area contributed by atoms with Gasteiger partial charge in [0.2, 0.25) is 0 Å².